The summed E-state index contributed by atoms with van der Waals surface area (Å²) < 4.78 is 53.7. The second-order valence-electron chi connectivity index (χ2n) is 4.69. The minimum absolute atomic E-state index is 0.162. The molecule has 106 valence electrons. The van der Waals surface area contributed by atoms with E-state index in [2.05, 4.69) is 17.2 Å². The minimum Gasteiger partial charge on any atom is -0.362 e. The van der Waals surface area contributed by atoms with Crippen LogP contribution in [0, 0.1) is 17.7 Å². The summed E-state index contributed by atoms with van der Waals surface area (Å²) in [7, 11) is 0. The standard InChI is InChI=1S/C14H11ClF3NO/c15-10-3-4-12-11(7-10)13(14(16,17)18,20-8-19-12)6-5-9-1-2-9/h3-4,7,9,19H,1-2,8H2/i9D. The summed E-state index contributed by atoms with van der Waals surface area (Å²) in [6.07, 6.45) is -3.77. The maximum Gasteiger partial charge on any atom is 0.433 e. The molecule has 2 aliphatic rings. The van der Waals surface area contributed by atoms with Crippen molar-refractivity contribution in [3.63, 3.8) is 0 Å². The molecule has 1 aromatic rings. The number of benzene rings is 1. The Hall–Kier alpha value is -1.38. The fourth-order valence-corrected chi connectivity index (χ4v) is 2.21. The van der Waals surface area contributed by atoms with Gasteiger partial charge in [0.25, 0.3) is 5.60 Å². The van der Waals surface area contributed by atoms with Crippen LogP contribution in [-0.4, -0.2) is 12.9 Å². The van der Waals surface area contributed by atoms with Crippen molar-refractivity contribution in [1.82, 2.24) is 0 Å². The Kier molecular flexibility index (Phi) is 2.83. The van der Waals surface area contributed by atoms with Gasteiger partial charge in [0.05, 0.1) is 0 Å². The van der Waals surface area contributed by atoms with E-state index in [9.17, 15) is 13.2 Å². The van der Waals surface area contributed by atoms with Gasteiger partial charge in [-0.05, 0) is 31.0 Å². The Labute approximate surface area is 120 Å². The molecule has 1 aliphatic carbocycles. The van der Waals surface area contributed by atoms with E-state index < -0.39 is 17.7 Å². The zero-order chi connectivity index (χ0) is 15.3. The number of nitrogens with one attached hydrogen (secondary N) is 1. The summed E-state index contributed by atoms with van der Waals surface area (Å²) in [6.45, 7) is -0.312. The fraction of sp³-hybridized carbons (Fsp3) is 0.429. The highest BCUT2D eigenvalue weighted by Crippen LogP contribution is 2.47. The van der Waals surface area contributed by atoms with Gasteiger partial charge < -0.3 is 10.1 Å². The molecule has 0 spiro atoms. The maximum absolute atomic E-state index is 13.6. The van der Waals surface area contributed by atoms with Crippen LogP contribution < -0.4 is 5.32 Å². The van der Waals surface area contributed by atoms with Crippen molar-refractivity contribution in [3.8, 4) is 11.8 Å². The summed E-state index contributed by atoms with van der Waals surface area (Å²) >= 11 is 5.82. The Morgan fingerprint density at radius 1 is 1.45 bits per heavy atom. The lowest BCUT2D eigenvalue weighted by molar-refractivity contribution is -0.259. The van der Waals surface area contributed by atoms with Crippen molar-refractivity contribution in [2.24, 2.45) is 5.89 Å². The number of hydrogen-bond donors (Lipinski definition) is 1. The lowest BCUT2D eigenvalue weighted by Gasteiger charge is -2.36. The molecule has 2 nitrogen and oxygen atoms in total. The van der Waals surface area contributed by atoms with Crippen LogP contribution in [0.2, 0.25) is 5.02 Å². The normalized spacial score (nSPS) is 27.5. The summed E-state index contributed by atoms with van der Waals surface area (Å²) in [4.78, 5) is 0. The molecule has 0 radical (unpaired) electrons. The molecule has 1 fully saturated rings. The molecule has 1 aliphatic heterocycles. The zero-order valence-corrected chi connectivity index (χ0v) is 11.0. The van der Waals surface area contributed by atoms with E-state index in [1.165, 1.54) is 18.2 Å². The van der Waals surface area contributed by atoms with Crippen LogP contribution in [0.5, 0.6) is 0 Å². The van der Waals surface area contributed by atoms with Crippen molar-refractivity contribution in [2.75, 3.05) is 12.0 Å². The van der Waals surface area contributed by atoms with Crippen molar-refractivity contribution in [3.05, 3.63) is 28.8 Å². The maximum atomic E-state index is 13.6. The number of hydrogen-bond acceptors (Lipinski definition) is 2. The van der Waals surface area contributed by atoms with E-state index in [1.54, 1.807) is 0 Å². The third kappa shape index (κ3) is 2.23. The number of halogens is 4. The fourth-order valence-electron chi connectivity index (χ4n) is 2.03. The molecule has 1 N–H and O–H groups in total. The van der Waals surface area contributed by atoms with Gasteiger partial charge in [-0.25, -0.2) is 0 Å². The molecular formula is C14H11ClF3NO. The highest BCUT2D eigenvalue weighted by molar-refractivity contribution is 6.30. The van der Waals surface area contributed by atoms with Gasteiger partial charge in [0.1, 0.15) is 6.73 Å². The van der Waals surface area contributed by atoms with Gasteiger partial charge in [-0.2, -0.15) is 13.2 Å². The van der Waals surface area contributed by atoms with Crippen LogP contribution in [0.15, 0.2) is 18.2 Å². The second-order valence-corrected chi connectivity index (χ2v) is 5.12. The SMILES string of the molecule is [2H]C1(C#CC2(C(F)(F)F)OCNc3ccc(Cl)cc32)CC1. The van der Waals surface area contributed by atoms with Crippen LogP contribution in [0.4, 0.5) is 18.9 Å². The first-order chi connectivity index (χ1) is 9.76. The predicted octanol–water partition coefficient (Wildman–Crippen LogP) is 3.91. The van der Waals surface area contributed by atoms with Gasteiger partial charge in [-0.1, -0.05) is 23.4 Å². The summed E-state index contributed by atoms with van der Waals surface area (Å²) in [5, 5.41) is 2.90. The third-order valence-corrected chi connectivity index (χ3v) is 3.46. The summed E-state index contributed by atoms with van der Waals surface area (Å²) in [5.74, 6) is 3.51. The molecule has 1 atom stereocenters. The van der Waals surface area contributed by atoms with Gasteiger partial charge in [-0.3, -0.25) is 0 Å². The first kappa shape index (κ1) is 12.4. The smallest absolute Gasteiger partial charge is 0.362 e. The highest BCUT2D eigenvalue weighted by Gasteiger charge is 2.59. The van der Waals surface area contributed by atoms with E-state index in [4.69, 9.17) is 17.7 Å². The Morgan fingerprint density at radius 3 is 2.85 bits per heavy atom. The minimum atomic E-state index is -4.73. The predicted molar refractivity (Wildman–Crippen MR) is 69.3 cm³/mol. The molecule has 0 aromatic heterocycles. The van der Waals surface area contributed by atoms with Crippen LogP contribution >= 0.6 is 11.6 Å². The first-order valence-electron chi connectivity index (χ1n) is 6.55. The number of fused-ring (bicyclic) bond motifs is 1. The van der Waals surface area contributed by atoms with Crippen molar-refractivity contribution >= 4 is 17.3 Å². The lowest BCUT2D eigenvalue weighted by atomic mass is 9.90. The van der Waals surface area contributed by atoms with Crippen molar-refractivity contribution in [1.29, 1.82) is 0 Å². The van der Waals surface area contributed by atoms with Gasteiger partial charge in [0.2, 0.25) is 0 Å². The molecule has 6 heteroatoms. The molecular weight excluding hydrogens is 291 g/mol. The van der Waals surface area contributed by atoms with E-state index in [0.29, 0.717) is 12.8 Å². The summed E-state index contributed by atoms with van der Waals surface area (Å²) in [6, 6.07) is 4.17. The van der Waals surface area contributed by atoms with Crippen molar-refractivity contribution < 1.29 is 19.3 Å². The molecule has 20 heavy (non-hydrogen) atoms. The van der Waals surface area contributed by atoms with Crippen molar-refractivity contribution in [2.45, 2.75) is 24.6 Å². The van der Waals surface area contributed by atoms with Gasteiger partial charge in [0.15, 0.2) is 0 Å². The molecule has 0 amide bonds. The number of alkyl halides is 3. The average Bonchev–Trinajstić information content (AvgIpc) is 3.13. The van der Waals surface area contributed by atoms with Gasteiger partial charge in [-0.15, -0.1) is 0 Å². The number of anilines is 1. The average molecular weight is 303 g/mol. The first-order valence-corrected chi connectivity index (χ1v) is 6.43. The zero-order valence-electron chi connectivity index (χ0n) is 11.3. The van der Waals surface area contributed by atoms with Crippen LogP contribution in [-0.2, 0) is 10.3 Å². The second kappa shape index (κ2) is 4.57. The van der Waals surface area contributed by atoms with Gasteiger partial charge in [0, 0.05) is 23.5 Å². The molecule has 1 unspecified atom stereocenters. The Balaban J connectivity index is 2.18. The third-order valence-electron chi connectivity index (χ3n) is 3.23. The molecule has 1 saturated carbocycles. The Bertz CT molecular complexity index is 648. The van der Waals surface area contributed by atoms with Gasteiger partial charge >= 0.3 is 6.18 Å². The molecule has 1 heterocycles. The Morgan fingerprint density at radius 2 is 2.20 bits per heavy atom. The van der Waals surface area contributed by atoms with E-state index >= 15 is 0 Å². The lowest BCUT2D eigenvalue weighted by Crippen LogP contribution is -2.47. The van der Waals surface area contributed by atoms with E-state index in [0.717, 1.165) is 0 Å². The monoisotopic (exact) mass is 302 g/mol. The number of ether oxygens (including phenoxy) is 1. The largest absolute Gasteiger partial charge is 0.433 e. The molecule has 1 aromatic carbocycles. The highest BCUT2D eigenvalue weighted by atomic mass is 35.5. The molecule has 3 rings (SSSR count). The number of rotatable bonds is 0. The van der Waals surface area contributed by atoms with E-state index in [-0.39, 0.29) is 23.0 Å². The van der Waals surface area contributed by atoms with Crippen LogP contribution in [0.25, 0.3) is 0 Å². The topological polar surface area (TPSA) is 21.3 Å². The molecule has 0 saturated heterocycles. The quantitative estimate of drug-likeness (QED) is 0.734. The molecule has 0 bridgehead atoms. The van der Waals surface area contributed by atoms with E-state index in [1.807, 2.05) is 0 Å². The van der Waals surface area contributed by atoms with Crippen LogP contribution in [0.1, 0.15) is 19.8 Å². The summed E-state index contributed by atoms with van der Waals surface area (Å²) in [5.41, 5.74) is -2.62. The van der Waals surface area contributed by atoms with Crippen LogP contribution in [0.3, 0.4) is 0 Å².